The quantitative estimate of drug-likeness (QED) is 0.114. The Bertz CT molecular complexity index is 1460. The Kier molecular flexibility index (Phi) is 10.4. The summed E-state index contributed by atoms with van der Waals surface area (Å²) in [6.45, 7) is 2.04. The zero-order chi connectivity index (χ0) is 30.1. The number of carbonyl (C=O) groups is 2. The molecule has 2 aliphatic heterocycles. The predicted molar refractivity (Wildman–Crippen MR) is 179 cm³/mol. The number of carbonyl (C=O) groups excluding carboxylic acids is 1. The molecule has 2 fully saturated rings. The van der Waals surface area contributed by atoms with Gasteiger partial charge in [-0.1, -0.05) is 121 Å². The molecule has 0 unspecified atom stereocenters. The van der Waals surface area contributed by atoms with E-state index in [9.17, 15) is 9.59 Å². The van der Waals surface area contributed by atoms with Crippen LogP contribution in [0.25, 0.3) is 6.08 Å². The number of carboxylic acid groups (broad SMARTS) is 1. The molecule has 0 spiro atoms. The Morgan fingerprint density at radius 2 is 1.47 bits per heavy atom. The second-order valence-electron chi connectivity index (χ2n) is 10.0. The second-order valence-corrected chi connectivity index (χ2v) is 12.6. The molecule has 6 rings (SSSR count). The average molecular weight is 629 g/mol. The lowest BCUT2D eigenvalue weighted by Crippen LogP contribution is -2.38. The van der Waals surface area contributed by atoms with Gasteiger partial charge in [-0.05, 0) is 48.7 Å². The molecule has 2 aliphatic rings. The Morgan fingerprint density at radius 1 is 0.930 bits per heavy atom. The number of benzene rings is 3. The number of rotatable bonds is 8. The maximum Gasteiger partial charge on any atom is 0.323 e. The van der Waals surface area contributed by atoms with Gasteiger partial charge < -0.3 is 15.7 Å². The standard InChI is InChI=1S/C28H21N3O3S3.C5H11N/c32-24(33)17-31-25(34)23(37-27(31)35)16-22-18-36-26(29-22)30-28(19-10-4-1-5-11-19,20-12-6-2-7-13-20)21-14-8-3-9-15-21;1-2-4-6-5-3-1/h1-16,18H,17H2,(H,29,30)(H,32,33);6H,1-5H2/b23-16-;. The van der Waals surface area contributed by atoms with Gasteiger partial charge in [0, 0.05) is 5.38 Å². The van der Waals surface area contributed by atoms with E-state index in [4.69, 9.17) is 22.3 Å². The van der Waals surface area contributed by atoms with Gasteiger partial charge in [-0.25, -0.2) is 4.98 Å². The zero-order valence-corrected chi connectivity index (χ0v) is 25.9. The summed E-state index contributed by atoms with van der Waals surface area (Å²) in [7, 11) is 0. The van der Waals surface area contributed by atoms with Crippen LogP contribution in [0.3, 0.4) is 0 Å². The molecule has 1 aromatic heterocycles. The number of aliphatic carboxylic acids is 1. The van der Waals surface area contributed by atoms with E-state index in [1.165, 1.54) is 43.7 Å². The van der Waals surface area contributed by atoms with Crippen LogP contribution >= 0.6 is 35.3 Å². The van der Waals surface area contributed by atoms with Gasteiger partial charge in [0.05, 0.1) is 10.6 Å². The van der Waals surface area contributed by atoms with Crippen LogP contribution in [0.4, 0.5) is 5.13 Å². The van der Waals surface area contributed by atoms with Crippen LogP contribution in [0.15, 0.2) is 101 Å². The number of thioether (sulfide) groups is 1. The monoisotopic (exact) mass is 628 g/mol. The Hall–Kier alpha value is -3.83. The summed E-state index contributed by atoms with van der Waals surface area (Å²) >= 11 is 7.71. The van der Waals surface area contributed by atoms with Crippen LogP contribution < -0.4 is 10.6 Å². The smallest absolute Gasteiger partial charge is 0.323 e. The van der Waals surface area contributed by atoms with Gasteiger partial charge in [0.25, 0.3) is 5.91 Å². The number of piperidine rings is 1. The zero-order valence-electron chi connectivity index (χ0n) is 23.4. The van der Waals surface area contributed by atoms with E-state index in [0.717, 1.165) is 33.4 Å². The molecule has 0 atom stereocenters. The highest BCUT2D eigenvalue weighted by atomic mass is 32.2. The molecule has 2 saturated heterocycles. The minimum absolute atomic E-state index is 0.225. The first-order chi connectivity index (χ1) is 21.0. The van der Waals surface area contributed by atoms with Crippen LogP contribution in [0.5, 0.6) is 0 Å². The molecule has 43 heavy (non-hydrogen) atoms. The van der Waals surface area contributed by atoms with E-state index in [0.29, 0.717) is 15.7 Å². The summed E-state index contributed by atoms with van der Waals surface area (Å²) in [5, 5.41) is 18.6. The SMILES string of the molecule is C1CCNCC1.O=C(O)CN1C(=O)/C(=C/c2csc(NC(c3ccccc3)(c3ccccc3)c3ccccc3)n2)SC1=S. The highest BCUT2D eigenvalue weighted by Gasteiger charge is 2.37. The minimum Gasteiger partial charge on any atom is -0.480 e. The molecule has 220 valence electrons. The van der Waals surface area contributed by atoms with E-state index < -0.39 is 24.0 Å². The van der Waals surface area contributed by atoms with Crippen molar-refractivity contribution in [2.24, 2.45) is 0 Å². The maximum absolute atomic E-state index is 12.7. The molecule has 10 heteroatoms. The minimum atomic E-state index is -1.11. The Labute approximate surface area is 265 Å². The van der Waals surface area contributed by atoms with Crippen LogP contribution in [0.2, 0.25) is 0 Å². The fourth-order valence-corrected chi connectivity index (χ4v) is 7.02. The van der Waals surface area contributed by atoms with E-state index in [1.54, 1.807) is 6.08 Å². The molecular formula is C33H32N4O3S3. The lowest BCUT2D eigenvalue weighted by Gasteiger charge is -2.36. The van der Waals surface area contributed by atoms with Crippen LogP contribution in [0.1, 0.15) is 41.6 Å². The third-order valence-corrected chi connectivity index (χ3v) is 9.24. The summed E-state index contributed by atoms with van der Waals surface area (Å²) in [5.74, 6) is -1.54. The Morgan fingerprint density at radius 3 is 1.91 bits per heavy atom. The van der Waals surface area contributed by atoms with Crippen molar-refractivity contribution in [3.05, 3.63) is 124 Å². The van der Waals surface area contributed by atoms with Crippen LogP contribution in [-0.4, -0.2) is 50.8 Å². The largest absolute Gasteiger partial charge is 0.480 e. The van der Waals surface area contributed by atoms with Gasteiger partial charge in [0.15, 0.2) is 5.13 Å². The van der Waals surface area contributed by atoms with E-state index in [1.807, 2.05) is 60.0 Å². The van der Waals surface area contributed by atoms with E-state index in [-0.39, 0.29) is 4.32 Å². The summed E-state index contributed by atoms with van der Waals surface area (Å²) in [4.78, 5) is 30.0. The fourth-order valence-electron chi connectivity index (χ4n) is 5.06. The van der Waals surface area contributed by atoms with Crippen molar-refractivity contribution < 1.29 is 14.7 Å². The van der Waals surface area contributed by atoms with Gasteiger partial charge >= 0.3 is 5.97 Å². The fraction of sp³-hybridized carbons (Fsp3) is 0.212. The number of nitrogens with zero attached hydrogens (tertiary/aromatic N) is 2. The van der Waals surface area contributed by atoms with E-state index in [2.05, 4.69) is 47.0 Å². The molecule has 0 bridgehead atoms. The molecule has 3 aromatic carbocycles. The van der Waals surface area contributed by atoms with Crippen molar-refractivity contribution in [2.75, 3.05) is 25.0 Å². The van der Waals surface area contributed by atoms with Crippen LogP contribution in [0, 0.1) is 0 Å². The molecular weight excluding hydrogens is 597 g/mol. The molecule has 3 heterocycles. The van der Waals surface area contributed by atoms with Crippen LogP contribution in [-0.2, 0) is 15.1 Å². The lowest BCUT2D eigenvalue weighted by atomic mass is 9.77. The number of carboxylic acids is 1. The number of anilines is 1. The van der Waals surface area contributed by atoms with Gasteiger partial charge in [-0.15, -0.1) is 11.3 Å². The molecule has 7 nitrogen and oxygen atoms in total. The maximum atomic E-state index is 12.7. The summed E-state index contributed by atoms with van der Waals surface area (Å²) in [6.07, 6.45) is 5.87. The number of nitrogens with one attached hydrogen (secondary N) is 2. The number of amides is 1. The highest BCUT2D eigenvalue weighted by Crippen LogP contribution is 2.41. The third kappa shape index (κ3) is 7.40. The first-order valence-corrected chi connectivity index (χ1v) is 16.2. The Balaban J connectivity index is 0.000000548. The first kappa shape index (κ1) is 30.6. The third-order valence-electron chi connectivity index (χ3n) is 7.09. The molecule has 3 N–H and O–H groups in total. The summed E-state index contributed by atoms with van der Waals surface area (Å²) in [5.41, 5.74) is 3.03. The topological polar surface area (TPSA) is 94.6 Å². The molecule has 4 aromatic rings. The summed E-state index contributed by atoms with van der Waals surface area (Å²) < 4.78 is 0.225. The van der Waals surface area contributed by atoms with Crippen molar-refractivity contribution in [2.45, 2.75) is 24.8 Å². The van der Waals surface area contributed by atoms with Gasteiger partial charge in [-0.3, -0.25) is 14.5 Å². The van der Waals surface area contributed by atoms with Gasteiger partial charge in [-0.2, -0.15) is 0 Å². The normalized spacial score (nSPS) is 16.1. The average Bonchev–Trinajstić information content (AvgIpc) is 3.60. The lowest BCUT2D eigenvalue weighted by molar-refractivity contribution is -0.140. The number of thiazole rings is 1. The molecule has 0 radical (unpaired) electrons. The van der Waals surface area contributed by atoms with Crippen molar-refractivity contribution in [1.29, 1.82) is 0 Å². The molecule has 0 aliphatic carbocycles. The van der Waals surface area contributed by atoms with Crippen molar-refractivity contribution in [3.8, 4) is 0 Å². The summed E-state index contributed by atoms with van der Waals surface area (Å²) in [6, 6.07) is 30.6. The first-order valence-electron chi connectivity index (χ1n) is 14.1. The number of thiocarbonyl (C=S) groups is 1. The van der Waals surface area contributed by atoms with E-state index >= 15 is 0 Å². The van der Waals surface area contributed by atoms with Crippen molar-refractivity contribution in [1.82, 2.24) is 15.2 Å². The number of hydrogen-bond donors (Lipinski definition) is 3. The molecule has 0 saturated carbocycles. The van der Waals surface area contributed by atoms with Crippen molar-refractivity contribution >= 4 is 62.7 Å². The molecule has 1 amide bonds. The number of hydrogen-bond acceptors (Lipinski definition) is 8. The van der Waals surface area contributed by atoms with Gasteiger partial charge in [0.2, 0.25) is 0 Å². The van der Waals surface area contributed by atoms with Gasteiger partial charge in [0.1, 0.15) is 16.4 Å². The number of aromatic nitrogens is 1. The van der Waals surface area contributed by atoms with Crippen molar-refractivity contribution in [3.63, 3.8) is 0 Å². The second kappa shape index (κ2) is 14.6. The highest BCUT2D eigenvalue weighted by molar-refractivity contribution is 8.26. The predicted octanol–water partition coefficient (Wildman–Crippen LogP) is 6.59.